The second-order valence-corrected chi connectivity index (χ2v) is 3.00. The molecule has 0 aliphatic rings. The van der Waals surface area contributed by atoms with Crippen LogP contribution in [-0.4, -0.2) is 16.0 Å². The molecule has 0 aromatic heterocycles. The molecule has 80 valence electrons. The summed E-state index contributed by atoms with van der Waals surface area (Å²) in [4.78, 5) is 20.3. The highest BCUT2D eigenvalue weighted by atomic mass is 19.1. The summed E-state index contributed by atoms with van der Waals surface area (Å²) in [5.41, 5.74) is -0.449. The summed E-state index contributed by atoms with van der Waals surface area (Å²) >= 11 is 0. The Bertz CT molecular complexity index is 430. The molecule has 0 saturated heterocycles. The molecule has 0 spiro atoms. The molecule has 0 unspecified atom stereocenters. The first-order chi connectivity index (χ1) is 6.93. The summed E-state index contributed by atoms with van der Waals surface area (Å²) in [7, 11) is 0. The largest absolute Gasteiger partial charge is 0.481 e. The lowest BCUT2D eigenvalue weighted by Gasteiger charge is -2.04. The maximum Gasteiger partial charge on any atom is 0.308 e. The normalized spacial score (nSPS) is 10.0. The number of hydrogen-bond donors (Lipinski definition) is 1. The predicted molar refractivity (Wildman–Crippen MR) is 49.1 cm³/mol. The molecular weight excluding hydrogens is 205 g/mol. The number of halogens is 1. The van der Waals surface area contributed by atoms with Gasteiger partial charge in [-0.1, -0.05) is 0 Å². The second kappa shape index (κ2) is 4.04. The van der Waals surface area contributed by atoms with E-state index >= 15 is 0 Å². The average molecular weight is 213 g/mol. The van der Waals surface area contributed by atoms with Gasteiger partial charge in [-0.3, -0.25) is 14.9 Å². The zero-order valence-electron chi connectivity index (χ0n) is 7.86. The average Bonchev–Trinajstić information content (AvgIpc) is 2.12. The monoisotopic (exact) mass is 213 g/mol. The van der Waals surface area contributed by atoms with E-state index in [0.717, 1.165) is 12.1 Å². The lowest BCUT2D eigenvalue weighted by atomic mass is 10.0. The van der Waals surface area contributed by atoms with Gasteiger partial charge in [0.05, 0.1) is 11.3 Å². The van der Waals surface area contributed by atoms with E-state index in [0.29, 0.717) is 0 Å². The van der Waals surface area contributed by atoms with Crippen molar-refractivity contribution in [1.29, 1.82) is 0 Å². The van der Waals surface area contributed by atoms with Crippen molar-refractivity contribution in [3.8, 4) is 0 Å². The van der Waals surface area contributed by atoms with Gasteiger partial charge in [0.15, 0.2) is 0 Å². The lowest BCUT2D eigenvalue weighted by Crippen LogP contribution is -2.07. The Labute approximate surface area is 84.3 Å². The van der Waals surface area contributed by atoms with E-state index in [1.807, 2.05) is 0 Å². The Hall–Kier alpha value is -1.98. The fourth-order valence-corrected chi connectivity index (χ4v) is 1.26. The molecule has 1 aromatic rings. The number of carbonyl (C=O) groups is 1. The summed E-state index contributed by atoms with van der Waals surface area (Å²) < 4.78 is 13.1. The minimum Gasteiger partial charge on any atom is -0.481 e. The number of nitrogens with zero attached hydrogens (tertiary/aromatic N) is 1. The SMILES string of the molecule is Cc1c(F)ccc([N+](=O)[O-])c1CC(=O)O. The smallest absolute Gasteiger partial charge is 0.308 e. The fourth-order valence-electron chi connectivity index (χ4n) is 1.26. The van der Waals surface area contributed by atoms with Crippen LogP contribution in [0.4, 0.5) is 10.1 Å². The molecule has 6 heteroatoms. The van der Waals surface area contributed by atoms with E-state index in [-0.39, 0.29) is 16.8 Å². The minimum atomic E-state index is -1.23. The fraction of sp³-hybridized carbons (Fsp3) is 0.222. The van der Waals surface area contributed by atoms with Gasteiger partial charge in [0.25, 0.3) is 5.69 Å². The van der Waals surface area contributed by atoms with Crippen LogP contribution in [0.1, 0.15) is 11.1 Å². The summed E-state index contributed by atoms with van der Waals surface area (Å²) in [5, 5.41) is 19.1. The van der Waals surface area contributed by atoms with Gasteiger partial charge in [-0.25, -0.2) is 4.39 Å². The second-order valence-electron chi connectivity index (χ2n) is 3.00. The van der Waals surface area contributed by atoms with E-state index in [2.05, 4.69) is 0 Å². The third-order valence-electron chi connectivity index (χ3n) is 2.03. The van der Waals surface area contributed by atoms with Crippen molar-refractivity contribution in [2.24, 2.45) is 0 Å². The first-order valence-electron chi connectivity index (χ1n) is 4.07. The van der Waals surface area contributed by atoms with Crippen molar-refractivity contribution in [3.05, 3.63) is 39.2 Å². The van der Waals surface area contributed by atoms with Crippen LogP contribution < -0.4 is 0 Å². The number of hydrogen-bond acceptors (Lipinski definition) is 3. The first-order valence-corrected chi connectivity index (χ1v) is 4.07. The van der Waals surface area contributed by atoms with Crippen molar-refractivity contribution in [3.63, 3.8) is 0 Å². The van der Waals surface area contributed by atoms with Crippen molar-refractivity contribution in [2.45, 2.75) is 13.3 Å². The number of carboxylic acids is 1. The van der Waals surface area contributed by atoms with Gasteiger partial charge < -0.3 is 5.11 Å². The van der Waals surface area contributed by atoms with Gasteiger partial charge in [-0.05, 0) is 18.6 Å². The van der Waals surface area contributed by atoms with Crippen LogP contribution in [0.25, 0.3) is 0 Å². The van der Waals surface area contributed by atoms with Crippen LogP contribution in [0.3, 0.4) is 0 Å². The molecule has 5 nitrogen and oxygen atoms in total. The molecule has 0 bridgehead atoms. The van der Waals surface area contributed by atoms with Crippen LogP contribution >= 0.6 is 0 Å². The number of aliphatic carboxylic acids is 1. The molecule has 1 N–H and O–H groups in total. The Morgan fingerprint density at radius 2 is 2.20 bits per heavy atom. The molecule has 1 aromatic carbocycles. The summed E-state index contributed by atoms with van der Waals surface area (Å²) in [5.74, 6) is -1.87. The molecule has 0 aliphatic carbocycles. The molecule has 0 aliphatic heterocycles. The number of nitro benzene ring substituents is 1. The van der Waals surface area contributed by atoms with Crippen LogP contribution in [-0.2, 0) is 11.2 Å². The Morgan fingerprint density at radius 3 is 2.67 bits per heavy atom. The maximum absolute atomic E-state index is 13.1. The standard InChI is InChI=1S/C9H8FNO4/c1-5-6(4-9(12)13)8(11(14)15)3-2-7(5)10/h2-3H,4H2,1H3,(H,12,13). The summed E-state index contributed by atoms with van der Waals surface area (Å²) in [6, 6.07) is 1.93. The van der Waals surface area contributed by atoms with Crippen LogP contribution in [0.2, 0.25) is 0 Å². The Kier molecular flexibility index (Phi) is 2.99. The van der Waals surface area contributed by atoms with Crippen molar-refractivity contribution >= 4 is 11.7 Å². The van der Waals surface area contributed by atoms with Gasteiger partial charge in [0.1, 0.15) is 5.82 Å². The van der Waals surface area contributed by atoms with Crippen LogP contribution in [0.5, 0.6) is 0 Å². The molecule has 1 rings (SSSR count). The zero-order chi connectivity index (χ0) is 11.6. The quantitative estimate of drug-likeness (QED) is 0.611. The van der Waals surface area contributed by atoms with Crippen molar-refractivity contribution in [1.82, 2.24) is 0 Å². The third kappa shape index (κ3) is 2.28. The van der Waals surface area contributed by atoms with Crippen LogP contribution in [0.15, 0.2) is 12.1 Å². The van der Waals surface area contributed by atoms with Crippen LogP contribution in [0, 0.1) is 22.9 Å². The number of benzene rings is 1. The van der Waals surface area contributed by atoms with Crippen molar-refractivity contribution in [2.75, 3.05) is 0 Å². The van der Waals surface area contributed by atoms with E-state index in [4.69, 9.17) is 5.11 Å². The molecule has 0 atom stereocenters. The minimum absolute atomic E-state index is 0.00611. The van der Waals surface area contributed by atoms with E-state index < -0.39 is 23.1 Å². The van der Waals surface area contributed by atoms with Gasteiger partial charge >= 0.3 is 5.97 Å². The highest BCUT2D eigenvalue weighted by Gasteiger charge is 2.20. The molecule has 15 heavy (non-hydrogen) atoms. The molecule has 0 radical (unpaired) electrons. The summed E-state index contributed by atoms with van der Waals surface area (Å²) in [6.07, 6.45) is -0.556. The molecule has 0 heterocycles. The Balaban J connectivity index is 3.34. The zero-order valence-corrected chi connectivity index (χ0v) is 7.86. The molecule has 0 saturated carbocycles. The Morgan fingerprint density at radius 1 is 1.60 bits per heavy atom. The predicted octanol–water partition coefficient (Wildman–Crippen LogP) is 1.67. The number of carboxylic acid groups (broad SMARTS) is 1. The first kappa shape index (κ1) is 11.1. The highest BCUT2D eigenvalue weighted by Crippen LogP contribution is 2.24. The van der Waals surface area contributed by atoms with E-state index in [1.165, 1.54) is 6.92 Å². The van der Waals surface area contributed by atoms with E-state index in [1.54, 1.807) is 0 Å². The van der Waals surface area contributed by atoms with E-state index in [9.17, 15) is 19.3 Å². The van der Waals surface area contributed by atoms with Gasteiger partial charge in [-0.2, -0.15) is 0 Å². The molecular formula is C9H8FNO4. The lowest BCUT2D eigenvalue weighted by molar-refractivity contribution is -0.385. The molecule has 0 fully saturated rings. The molecule has 0 amide bonds. The van der Waals surface area contributed by atoms with Gasteiger partial charge in [0, 0.05) is 11.6 Å². The number of rotatable bonds is 3. The van der Waals surface area contributed by atoms with Crippen molar-refractivity contribution < 1.29 is 19.2 Å². The highest BCUT2D eigenvalue weighted by molar-refractivity contribution is 5.72. The number of nitro groups is 1. The van der Waals surface area contributed by atoms with Gasteiger partial charge in [0.2, 0.25) is 0 Å². The summed E-state index contributed by atoms with van der Waals surface area (Å²) in [6.45, 7) is 1.32. The topological polar surface area (TPSA) is 80.4 Å². The van der Waals surface area contributed by atoms with Gasteiger partial charge in [-0.15, -0.1) is 0 Å². The third-order valence-corrected chi connectivity index (χ3v) is 2.03. The maximum atomic E-state index is 13.1.